The molecule has 0 heterocycles. The Morgan fingerprint density at radius 3 is 2.32 bits per heavy atom. The van der Waals surface area contributed by atoms with Gasteiger partial charge in [0.05, 0.1) is 11.3 Å². The summed E-state index contributed by atoms with van der Waals surface area (Å²) in [6.07, 6.45) is 0. The quantitative estimate of drug-likeness (QED) is 0.904. The number of nitrogens with one attached hydrogen (secondary N) is 1. The van der Waals surface area contributed by atoms with Crippen molar-refractivity contribution < 1.29 is 0 Å². The van der Waals surface area contributed by atoms with E-state index in [2.05, 4.69) is 16.3 Å². The molecule has 0 fully saturated rings. The van der Waals surface area contributed by atoms with Crippen molar-refractivity contribution in [1.82, 2.24) is 0 Å². The number of nitrogens with zero attached hydrogens (tertiary/aromatic N) is 2. The third-order valence-corrected chi connectivity index (χ3v) is 2.96. The Kier molecular flexibility index (Phi) is 3.72. The summed E-state index contributed by atoms with van der Waals surface area (Å²) >= 11 is 0. The molecule has 0 spiro atoms. The van der Waals surface area contributed by atoms with Crippen LogP contribution in [-0.4, -0.2) is 14.1 Å². The van der Waals surface area contributed by atoms with E-state index < -0.39 is 0 Å². The molecule has 3 heteroatoms. The molecule has 2 aromatic carbocycles. The highest BCUT2D eigenvalue weighted by atomic mass is 15.1. The first-order chi connectivity index (χ1) is 9.10. The monoisotopic (exact) mass is 251 g/mol. The van der Waals surface area contributed by atoms with Crippen LogP contribution in [0.25, 0.3) is 0 Å². The van der Waals surface area contributed by atoms with Crippen LogP contribution in [0.4, 0.5) is 17.1 Å². The number of hydrogen-bond acceptors (Lipinski definition) is 3. The molecule has 0 amide bonds. The third-order valence-electron chi connectivity index (χ3n) is 2.96. The highest BCUT2D eigenvalue weighted by Gasteiger charge is 2.03. The van der Waals surface area contributed by atoms with Crippen LogP contribution in [0, 0.1) is 18.3 Å². The highest BCUT2D eigenvalue weighted by molar-refractivity contribution is 5.68. The van der Waals surface area contributed by atoms with E-state index in [1.807, 2.05) is 63.5 Å². The lowest BCUT2D eigenvalue weighted by molar-refractivity contribution is 1.13. The van der Waals surface area contributed by atoms with Gasteiger partial charge in [0.25, 0.3) is 0 Å². The van der Waals surface area contributed by atoms with Crippen LogP contribution in [0.1, 0.15) is 11.1 Å². The molecule has 0 saturated carbocycles. The number of rotatable bonds is 3. The molecule has 2 aromatic rings. The SMILES string of the molecule is Cc1ccc(Nc2ccc(N(C)C)cc2)c(C#N)c1. The van der Waals surface area contributed by atoms with Gasteiger partial charge in [-0.05, 0) is 48.9 Å². The molecule has 0 saturated heterocycles. The molecule has 0 unspecified atom stereocenters. The minimum absolute atomic E-state index is 0.664. The summed E-state index contributed by atoms with van der Waals surface area (Å²) in [7, 11) is 4.02. The van der Waals surface area contributed by atoms with Gasteiger partial charge >= 0.3 is 0 Å². The van der Waals surface area contributed by atoms with Crippen molar-refractivity contribution in [3.05, 3.63) is 53.6 Å². The Balaban J connectivity index is 2.24. The fraction of sp³-hybridized carbons (Fsp3) is 0.188. The molecule has 0 aliphatic heterocycles. The number of aryl methyl sites for hydroxylation is 1. The van der Waals surface area contributed by atoms with Crippen LogP contribution in [0.15, 0.2) is 42.5 Å². The lowest BCUT2D eigenvalue weighted by Gasteiger charge is -2.14. The maximum atomic E-state index is 9.14. The molecule has 0 aliphatic rings. The summed E-state index contributed by atoms with van der Waals surface area (Å²) in [6, 6.07) is 16.1. The van der Waals surface area contributed by atoms with Crippen molar-refractivity contribution in [2.24, 2.45) is 0 Å². The van der Waals surface area contributed by atoms with Crippen molar-refractivity contribution in [2.45, 2.75) is 6.92 Å². The molecule has 1 N–H and O–H groups in total. The second-order valence-corrected chi connectivity index (χ2v) is 4.73. The Morgan fingerprint density at radius 2 is 1.74 bits per heavy atom. The van der Waals surface area contributed by atoms with Crippen molar-refractivity contribution in [2.75, 3.05) is 24.3 Å². The molecule has 0 bridgehead atoms. The van der Waals surface area contributed by atoms with Crippen molar-refractivity contribution in [3.8, 4) is 6.07 Å². The zero-order valence-electron chi connectivity index (χ0n) is 11.4. The lowest BCUT2D eigenvalue weighted by atomic mass is 10.1. The Hall–Kier alpha value is -2.47. The van der Waals surface area contributed by atoms with Crippen LogP contribution in [-0.2, 0) is 0 Å². The van der Waals surface area contributed by atoms with Crippen molar-refractivity contribution in [3.63, 3.8) is 0 Å². The van der Waals surface area contributed by atoms with Gasteiger partial charge in [0.2, 0.25) is 0 Å². The van der Waals surface area contributed by atoms with Crippen LogP contribution in [0.2, 0.25) is 0 Å². The van der Waals surface area contributed by atoms with Crippen LogP contribution < -0.4 is 10.2 Å². The van der Waals surface area contributed by atoms with Crippen LogP contribution in [0.3, 0.4) is 0 Å². The molecule has 2 rings (SSSR count). The van der Waals surface area contributed by atoms with Gasteiger partial charge < -0.3 is 10.2 Å². The summed E-state index contributed by atoms with van der Waals surface area (Å²) in [5.74, 6) is 0. The second-order valence-electron chi connectivity index (χ2n) is 4.73. The van der Waals surface area contributed by atoms with Gasteiger partial charge in [-0.1, -0.05) is 6.07 Å². The van der Waals surface area contributed by atoms with Gasteiger partial charge in [-0.15, -0.1) is 0 Å². The fourth-order valence-electron chi connectivity index (χ4n) is 1.86. The zero-order valence-corrected chi connectivity index (χ0v) is 11.4. The Bertz CT molecular complexity index is 607. The fourth-order valence-corrected chi connectivity index (χ4v) is 1.86. The molecular formula is C16H17N3. The number of nitriles is 1. The number of hydrogen-bond donors (Lipinski definition) is 1. The topological polar surface area (TPSA) is 39.1 Å². The first-order valence-corrected chi connectivity index (χ1v) is 6.15. The average molecular weight is 251 g/mol. The minimum atomic E-state index is 0.664. The molecule has 96 valence electrons. The van der Waals surface area contributed by atoms with E-state index in [0.29, 0.717) is 5.56 Å². The smallest absolute Gasteiger partial charge is 0.101 e. The standard InChI is InChI=1S/C16H17N3/c1-12-4-9-16(13(10-12)11-17)18-14-5-7-15(8-6-14)19(2)3/h4-10,18H,1-3H3. The predicted octanol–water partition coefficient (Wildman–Crippen LogP) is 3.68. The molecule has 3 nitrogen and oxygen atoms in total. The minimum Gasteiger partial charge on any atom is -0.378 e. The normalized spacial score (nSPS) is 9.79. The maximum absolute atomic E-state index is 9.14. The number of anilines is 3. The molecule has 19 heavy (non-hydrogen) atoms. The average Bonchev–Trinajstić information content (AvgIpc) is 2.41. The number of benzene rings is 2. The predicted molar refractivity (Wildman–Crippen MR) is 79.9 cm³/mol. The van der Waals surface area contributed by atoms with Crippen molar-refractivity contribution >= 4 is 17.1 Å². The first kappa shape index (κ1) is 13.0. The molecule has 0 atom stereocenters. The Morgan fingerprint density at radius 1 is 1.05 bits per heavy atom. The van der Waals surface area contributed by atoms with Gasteiger partial charge in [0, 0.05) is 25.5 Å². The Labute approximate surface area is 114 Å². The van der Waals surface area contributed by atoms with E-state index in [1.54, 1.807) is 0 Å². The molecule has 0 aliphatic carbocycles. The van der Waals surface area contributed by atoms with Gasteiger partial charge in [-0.25, -0.2) is 0 Å². The zero-order chi connectivity index (χ0) is 13.8. The maximum Gasteiger partial charge on any atom is 0.101 e. The van der Waals surface area contributed by atoms with Gasteiger partial charge in [0.1, 0.15) is 6.07 Å². The summed E-state index contributed by atoms with van der Waals surface area (Å²) < 4.78 is 0. The van der Waals surface area contributed by atoms with Crippen LogP contribution in [0.5, 0.6) is 0 Å². The van der Waals surface area contributed by atoms with E-state index >= 15 is 0 Å². The molecular weight excluding hydrogens is 234 g/mol. The van der Waals surface area contributed by atoms with E-state index in [4.69, 9.17) is 5.26 Å². The summed E-state index contributed by atoms with van der Waals surface area (Å²) in [5.41, 5.74) is 4.72. The highest BCUT2D eigenvalue weighted by Crippen LogP contribution is 2.23. The van der Waals surface area contributed by atoms with Crippen molar-refractivity contribution in [1.29, 1.82) is 5.26 Å². The summed E-state index contributed by atoms with van der Waals surface area (Å²) in [4.78, 5) is 2.05. The first-order valence-electron chi connectivity index (χ1n) is 6.15. The summed E-state index contributed by atoms with van der Waals surface area (Å²) in [6.45, 7) is 1.98. The van der Waals surface area contributed by atoms with Crippen LogP contribution >= 0.6 is 0 Å². The third kappa shape index (κ3) is 3.05. The second kappa shape index (κ2) is 5.45. The van der Waals surface area contributed by atoms with E-state index in [0.717, 1.165) is 22.6 Å². The van der Waals surface area contributed by atoms with Gasteiger partial charge in [-0.2, -0.15) is 5.26 Å². The van der Waals surface area contributed by atoms with E-state index in [1.165, 1.54) is 0 Å². The largest absolute Gasteiger partial charge is 0.378 e. The molecule has 0 radical (unpaired) electrons. The van der Waals surface area contributed by atoms with Gasteiger partial charge in [0.15, 0.2) is 0 Å². The lowest BCUT2D eigenvalue weighted by Crippen LogP contribution is -2.08. The molecule has 0 aromatic heterocycles. The van der Waals surface area contributed by atoms with E-state index in [9.17, 15) is 0 Å². The van der Waals surface area contributed by atoms with E-state index in [-0.39, 0.29) is 0 Å². The summed E-state index contributed by atoms with van der Waals surface area (Å²) in [5, 5.41) is 12.4. The van der Waals surface area contributed by atoms with Gasteiger partial charge in [-0.3, -0.25) is 0 Å².